The van der Waals surface area contributed by atoms with Crippen molar-refractivity contribution in [2.75, 3.05) is 13.2 Å². The van der Waals surface area contributed by atoms with E-state index >= 15 is 0 Å². The molecule has 110 valence electrons. The molecule has 1 saturated carbocycles. The lowest BCUT2D eigenvalue weighted by Crippen LogP contribution is -2.58. The van der Waals surface area contributed by atoms with Gasteiger partial charge in [-0.25, -0.2) is 0 Å². The number of rotatable bonds is 3. The van der Waals surface area contributed by atoms with E-state index < -0.39 is 0 Å². The van der Waals surface area contributed by atoms with Gasteiger partial charge in [0.05, 0.1) is 18.8 Å². The van der Waals surface area contributed by atoms with E-state index in [-0.39, 0.29) is 18.1 Å². The van der Waals surface area contributed by atoms with Crippen LogP contribution >= 0.6 is 0 Å². The van der Waals surface area contributed by atoms with Crippen LogP contribution in [0.2, 0.25) is 0 Å². The maximum Gasteiger partial charge on any atom is 0.124 e. The van der Waals surface area contributed by atoms with Crippen molar-refractivity contribution in [3.8, 4) is 5.75 Å². The van der Waals surface area contributed by atoms with Gasteiger partial charge in [-0.05, 0) is 18.9 Å². The smallest absolute Gasteiger partial charge is 0.124 e. The molecule has 3 heteroatoms. The Morgan fingerprint density at radius 2 is 2.00 bits per heavy atom. The molecule has 20 heavy (non-hydrogen) atoms. The van der Waals surface area contributed by atoms with Crippen LogP contribution in [0.4, 0.5) is 0 Å². The SMILES string of the molecule is CC1COc2ccccc2C1(CO)NC1CCCCC1. The van der Waals surface area contributed by atoms with Gasteiger partial charge in [0.15, 0.2) is 0 Å². The van der Waals surface area contributed by atoms with Crippen molar-refractivity contribution in [3.05, 3.63) is 29.8 Å². The predicted molar refractivity (Wildman–Crippen MR) is 79.9 cm³/mol. The molecule has 0 amide bonds. The van der Waals surface area contributed by atoms with E-state index in [0.717, 1.165) is 11.3 Å². The van der Waals surface area contributed by atoms with Crippen LogP contribution in [0.3, 0.4) is 0 Å². The Bertz CT molecular complexity index is 456. The van der Waals surface area contributed by atoms with Crippen LogP contribution in [0.1, 0.15) is 44.6 Å². The third-order valence-electron chi connectivity index (χ3n) is 5.01. The molecule has 0 spiro atoms. The molecular weight excluding hydrogens is 250 g/mol. The fraction of sp³-hybridized carbons (Fsp3) is 0.647. The zero-order valence-electron chi connectivity index (χ0n) is 12.3. The molecule has 3 rings (SSSR count). The third-order valence-corrected chi connectivity index (χ3v) is 5.01. The van der Waals surface area contributed by atoms with Crippen LogP contribution in [-0.2, 0) is 5.54 Å². The topological polar surface area (TPSA) is 41.5 Å². The number of ether oxygens (including phenoxy) is 1. The molecule has 2 unspecified atom stereocenters. The summed E-state index contributed by atoms with van der Waals surface area (Å²) in [5.74, 6) is 1.19. The van der Waals surface area contributed by atoms with Gasteiger partial charge >= 0.3 is 0 Å². The van der Waals surface area contributed by atoms with Crippen molar-refractivity contribution in [2.24, 2.45) is 5.92 Å². The van der Waals surface area contributed by atoms with Gasteiger partial charge in [-0.1, -0.05) is 44.4 Å². The Kier molecular flexibility index (Phi) is 3.99. The molecule has 1 aromatic carbocycles. The fourth-order valence-corrected chi connectivity index (χ4v) is 3.70. The quantitative estimate of drug-likeness (QED) is 0.891. The molecule has 1 aliphatic carbocycles. The van der Waals surface area contributed by atoms with Gasteiger partial charge in [0, 0.05) is 17.5 Å². The summed E-state index contributed by atoms with van der Waals surface area (Å²) in [5.41, 5.74) is 0.767. The van der Waals surface area contributed by atoms with Crippen molar-refractivity contribution < 1.29 is 9.84 Å². The largest absolute Gasteiger partial charge is 0.493 e. The molecule has 0 aromatic heterocycles. The summed E-state index contributed by atoms with van der Waals surface area (Å²) in [4.78, 5) is 0. The minimum Gasteiger partial charge on any atom is -0.493 e. The molecule has 2 atom stereocenters. The zero-order chi connectivity index (χ0) is 14.0. The van der Waals surface area contributed by atoms with Gasteiger partial charge in [0.1, 0.15) is 5.75 Å². The number of aliphatic hydroxyl groups is 1. The lowest BCUT2D eigenvalue weighted by atomic mass is 9.76. The van der Waals surface area contributed by atoms with E-state index in [4.69, 9.17) is 4.74 Å². The average Bonchev–Trinajstić information content (AvgIpc) is 2.51. The molecule has 0 radical (unpaired) electrons. The van der Waals surface area contributed by atoms with E-state index in [9.17, 15) is 5.11 Å². The van der Waals surface area contributed by atoms with Crippen molar-refractivity contribution in [1.29, 1.82) is 0 Å². The maximum atomic E-state index is 10.2. The molecule has 0 bridgehead atoms. The summed E-state index contributed by atoms with van der Waals surface area (Å²) in [6, 6.07) is 8.65. The first kappa shape index (κ1) is 13.9. The Labute approximate surface area is 121 Å². The summed E-state index contributed by atoms with van der Waals surface area (Å²) >= 11 is 0. The highest BCUT2D eigenvalue weighted by molar-refractivity contribution is 5.42. The fourth-order valence-electron chi connectivity index (χ4n) is 3.70. The zero-order valence-corrected chi connectivity index (χ0v) is 12.3. The number of hydrogen-bond donors (Lipinski definition) is 2. The molecule has 1 aliphatic heterocycles. The Morgan fingerprint density at radius 1 is 1.25 bits per heavy atom. The minimum absolute atomic E-state index is 0.130. The number of aliphatic hydroxyl groups excluding tert-OH is 1. The standard InChI is InChI=1S/C17H25NO2/c1-13-11-20-16-10-6-5-9-15(16)17(13,12-19)18-14-7-3-2-4-8-14/h5-6,9-10,13-14,18-19H,2-4,7-8,11-12H2,1H3. The van der Waals surface area contributed by atoms with Crippen LogP contribution in [0.25, 0.3) is 0 Å². The highest BCUT2D eigenvalue weighted by Crippen LogP contribution is 2.41. The highest BCUT2D eigenvalue weighted by Gasteiger charge is 2.44. The molecule has 2 aliphatic rings. The predicted octanol–water partition coefficient (Wildman–Crippen LogP) is 2.83. The van der Waals surface area contributed by atoms with E-state index in [1.54, 1.807) is 0 Å². The number of para-hydroxylation sites is 1. The normalized spacial score (nSPS) is 30.6. The Hall–Kier alpha value is -1.06. The Balaban J connectivity index is 1.92. The minimum atomic E-state index is -0.350. The Morgan fingerprint density at radius 3 is 2.75 bits per heavy atom. The van der Waals surface area contributed by atoms with Crippen molar-refractivity contribution >= 4 is 0 Å². The molecule has 3 nitrogen and oxygen atoms in total. The number of benzene rings is 1. The summed E-state index contributed by atoms with van der Waals surface area (Å²) in [7, 11) is 0. The molecule has 1 aromatic rings. The number of fused-ring (bicyclic) bond motifs is 1. The van der Waals surface area contributed by atoms with Crippen LogP contribution in [0, 0.1) is 5.92 Å². The second kappa shape index (κ2) is 5.74. The van der Waals surface area contributed by atoms with Gasteiger partial charge in [-0.2, -0.15) is 0 Å². The van der Waals surface area contributed by atoms with Crippen molar-refractivity contribution in [2.45, 2.75) is 50.6 Å². The van der Waals surface area contributed by atoms with Crippen molar-refractivity contribution in [1.82, 2.24) is 5.32 Å². The van der Waals surface area contributed by atoms with Gasteiger partial charge in [-0.15, -0.1) is 0 Å². The van der Waals surface area contributed by atoms with Crippen LogP contribution in [0.5, 0.6) is 5.75 Å². The molecule has 1 heterocycles. The lowest BCUT2D eigenvalue weighted by Gasteiger charge is -2.46. The first-order valence-electron chi connectivity index (χ1n) is 7.87. The second-order valence-corrected chi connectivity index (χ2v) is 6.32. The van der Waals surface area contributed by atoms with Crippen LogP contribution in [0.15, 0.2) is 24.3 Å². The van der Waals surface area contributed by atoms with E-state index in [0.29, 0.717) is 12.6 Å². The van der Waals surface area contributed by atoms with Gasteiger partial charge in [0.25, 0.3) is 0 Å². The molecular formula is C17H25NO2. The van der Waals surface area contributed by atoms with E-state index in [1.807, 2.05) is 18.2 Å². The number of nitrogens with one attached hydrogen (secondary N) is 1. The summed E-state index contributed by atoms with van der Waals surface area (Å²) in [6.45, 7) is 2.96. The van der Waals surface area contributed by atoms with Gasteiger partial charge in [0.2, 0.25) is 0 Å². The monoisotopic (exact) mass is 275 g/mol. The first-order chi connectivity index (χ1) is 9.76. The van der Waals surface area contributed by atoms with Crippen LogP contribution < -0.4 is 10.1 Å². The lowest BCUT2D eigenvalue weighted by molar-refractivity contribution is 0.0420. The third kappa shape index (κ3) is 2.33. The van der Waals surface area contributed by atoms with Gasteiger partial charge in [-0.3, -0.25) is 0 Å². The van der Waals surface area contributed by atoms with Gasteiger partial charge < -0.3 is 15.2 Å². The average molecular weight is 275 g/mol. The first-order valence-corrected chi connectivity index (χ1v) is 7.87. The summed E-state index contributed by atoms with van der Waals surface area (Å²) < 4.78 is 5.83. The summed E-state index contributed by atoms with van der Waals surface area (Å²) in [5, 5.41) is 14.0. The highest BCUT2D eigenvalue weighted by atomic mass is 16.5. The van der Waals surface area contributed by atoms with Crippen LogP contribution in [-0.4, -0.2) is 24.4 Å². The van der Waals surface area contributed by atoms with Crippen molar-refractivity contribution in [3.63, 3.8) is 0 Å². The molecule has 0 saturated heterocycles. The second-order valence-electron chi connectivity index (χ2n) is 6.32. The number of hydrogen-bond acceptors (Lipinski definition) is 3. The molecule has 2 N–H and O–H groups in total. The van der Waals surface area contributed by atoms with E-state index in [2.05, 4.69) is 18.3 Å². The van der Waals surface area contributed by atoms with E-state index in [1.165, 1.54) is 32.1 Å². The molecule has 1 fully saturated rings. The maximum absolute atomic E-state index is 10.2. The summed E-state index contributed by atoms with van der Waals surface area (Å²) in [6.07, 6.45) is 6.38.